The molecule has 0 aromatic heterocycles. The van der Waals surface area contributed by atoms with Gasteiger partial charge in [0.25, 0.3) is 0 Å². The fourth-order valence-electron chi connectivity index (χ4n) is 1.60. The number of likely N-dealkylation sites (N-methyl/N-ethyl adjacent to an activating group) is 1. The van der Waals surface area contributed by atoms with Gasteiger partial charge in [0.2, 0.25) is 0 Å². The Morgan fingerprint density at radius 1 is 1.64 bits per heavy atom. The summed E-state index contributed by atoms with van der Waals surface area (Å²) in [6.07, 6.45) is 1.18. The van der Waals surface area contributed by atoms with Gasteiger partial charge in [-0.2, -0.15) is 0 Å². The van der Waals surface area contributed by atoms with Crippen LogP contribution in [0.1, 0.15) is 13.3 Å². The second-order valence-corrected chi connectivity index (χ2v) is 3.29. The van der Waals surface area contributed by atoms with Crippen molar-refractivity contribution in [2.24, 2.45) is 0 Å². The Morgan fingerprint density at radius 2 is 2.36 bits per heavy atom. The van der Waals surface area contributed by atoms with Crippen molar-refractivity contribution in [3.63, 3.8) is 0 Å². The summed E-state index contributed by atoms with van der Waals surface area (Å²) in [6, 6.07) is 0.931. The van der Waals surface area contributed by atoms with Crippen LogP contribution >= 0.6 is 0 Å². The van der Waals surface area contributed by atoms with Gasteiger partial charge < -0.3 is 15.3 Å². The molecule has 1 saturated heterocycles. The zero-order valence-corrected chi connectivity index (χ0v) is 7.38. The molecule has 11 heavy (non-hydrogen) atoms. The summed E-state index contributed by atoms with van der Waals surface area (Å²) in [5.41, 5.74) is 0. The molecule has 1 unspecified atom stereocenters. The third kappa shape index (κ3) is 2.15. The molecule has 0 bridgehead atoms. The highest BCUT2D eigenvalue weighted by Crippen LogP contribution is 2.06. The lowest BCUT2D eigenvalue weighted by Gasteiger charge is -2.36. The molecule has 1 heterocycles. The highest BCUT2D eigenvalue weighted by Gasteiger charge is 2.22. The number of aliphatic hydroxyl groups is 1. The maximum atomic E-state index is 8.88. The largest absolute Gasteiger partial charge is 0.395 e. The Balaban J connectivity index is 2.34. The van der Waals surface area contributed by atoms with Crippen LogP contribution in [0.15, 0.2) is 0 Å². The molecule has 0 aromatic carbocycles. The van der Waals surface area contributed by atoms with Gasteiger partial charge in [-0.1, -0.05) is 6.92 Å². The van der Waals surface area contributed by atoms with Gasteiger partial charge in [-0.15, -0.1) is 0 Å². The standard InChI is InChI=1S/C8H18N2O/c1-3-8-4-9-7(6-11)5-10(8)2/h7-9,11H,3-6H2,1-2H3/t7?,8-/m1/s1. The Morgan fingerprint density at radius 3 is 2.82 bits per heavy atom. The third-order valence-corrected chi connectivity index (χ3v) is 2.47. The first-order chi connectivity index (χ1) is 5.27. The molecular weight excluding hydrogens is 140 g/mol. The minimum absolute atomic E-state index is 0.251. The molecular formula is C8H18N2O. The highest BCUT2D eigenvalue weighted by atomic mass is 16.3. The lowest BCUT2D eigenvalue weighted by Crippen LogP contribution is -2.55. The second-order valence-electron chi connectivity index (χ2n) is 3.29. The smallest absolute Gasteiger partial charge is 0.0597 e. The molecule has 0 saturated carbocycles. The van der Waals surface area contributed by atoms with E-state index in [-0.39, 0.29) is 12.6 Å². The number of nitrogens with one attached hydrogen (secondary N) is 1. The molecule has 1 fully saturated rings. The zero-order valence-electron chi connectivity index (χ0n) is 7.38. The summed E-state index contributed by atoms with van der Waals surface area (Å²) >= 11 is 0. The molecule has 0 aromatic rings. The van der Waals surface area contributed by atoms with Gasteiger partial charge in [0.15, 0.2) is 0 Å². The minimum Gasteiger partial charge on any atom is -0.395 e. The van der Waals surface area contributed by atoms with Crippen molar-refractivity contribution in [3.8, 4) is 0 Å². The van der Waals surface area contributed by atoms with Gasteiger partial charge in [-0.25, -0.2) is 0 Å². The Bertz CT molecular complexity index is 119. The van der Waals surface area contributed by atoms with Crippen molar-refractivity contribution in [3.05, 3.63) is 0 Å². The van der Waals surface area contributed by atoms with Crippen molar-refractivity contribution in [1.82, 2.24) is 10.2 Å². The van der Waals surface area contributed by atoms with E-state index in [1.54, 1.807) is 0 Å². The minimum atomic E-state index is 0.251. The lowest BCUT2D eigenvalue weighted by molar-refractivity contribution is 0.122. The normalized spacial score (nSPS) is 34.1. The SMILES string of the molecule is CC[C@@H]1CNC(CO)CN1C. The van der Waals surface area contributed by atoms with Gasteiger partial charge >= 0.3 is 0 Å². The molecule has 66 valence electrons. The number of hydrogen-bond donors (Lipinski definition) is 2. The Hall–Kier alpha value is -0.120. The van der Waals surface area contributed by atoms with E-state index in [1.807, 2.05) is 0 Å². The number of piperazine rings is 1. The van der Waals surface area contributed by atoms with Crippen LogP contribution < -0.4 is 5.32 Å². The molecule has 0 radical (unpaired) electrons. The molecule has 2 N–H and O–H groups in total. The summed E-state index contributed by atoms with van der Waals surface area (Å²) in [7, 11) is 2.12. The van der Waals surface area contributed by atoms with Crippen LogP contribution in [-0.2, 0) is 0 Å². The van der Waals surface area contributed by atoms with Gasteiger partial charge in [0.05, 0.1) is 6.61 Å². The molecule has 0 spiro atoms. The molecule has 3 heteroatoms. The van der Waals surface area contributed by atoms with E-state index in [0.717, 1.165) is 13.1 Å². The first-order valence-corrected chi connectivity index (χ1v) is 4.32. The predicted octanol–water partition coefficient (Wildman–Crippen LogP) is -0.339. The average molecular weight is 158 g/mol. The Kier molecular flexibility index (Phi) is 3.30. The maximum Gasteiger partial charge on any atom is 0.0597 e. The fourth-order valence-corrected chi connectivity index (χ4v) is 1.60. The van der Waals surface area contributed by atoms with Crippen molar-refractivity contribution in [1.29, 1.82) is 0 Å². The highest BCUT2D eigenvalue weighted by molar-refractivity contribution is 4.82. The molecule has 0 amide bonds. The van der Waals surface area contributed by atoms with E-state index in [4.69, 9.17) is 5.11 Å². The van der Waals surface area contributed by atoms with Crippen LogP contribution in [0.3, 0.4) is 0 Å². The van der Waals surface area contributed by atoms with E-state index in [1.165, 1.54) is 6.42 Å². The number of nitrogens with zero attached hydrogens (tertiary/aromatic N) is 1. The summed E-state index contributed by atoms with van der Waals surface area (Å²) in [4.78, 5) is 2.32. The number of aliphatic hydroxyl groups excluding tert-OH is 1. The van der Waals surface area contributed by atoms with Crippen LogP contribution in [0.2, 0.25) is 0 Å². The summed E-state index contributed by atoms with van der Waals surface area (Å²) < 4.78 is 0. The molecule has 1 rings (SSSR count). The molecule has 1 aliphatic rings. The molecule has 2 atom stereocenters. The van der Waals surface area contributed by atoms with Crippen molar-refractivity contribution < 1.29 is 5.11 Å². The number of rotatable bonds is 2. The third-order valence-electron chi connectivity index (χ3n) is 2.47. The summed E-state index contributed by atoms with van der Waals surface area (Å²) in [5.74, 6) is 0. The zero-order chi connectivity index (χ0) is 8.27. The van der Waals surface area contributed by atoms with E-state index in [9.17, 15) is 0 Å². The molecule has 0 aliphatic carbocycles. The van der Waals surface area contributed by atoms with Gasteiger partial charge in [0.1, 0.15) is 0 Å². The number of hydrogen-bond acceptors (Lipinski definition) is 3. The van der Waals surface area contributed by atoms with Crippen LogP contribution in [0.5, 0.6) is 0 Å². The Labute approximate surface area is 68.4 Å². The van der Waals surface area contributed by atoms with E-state index in [2.05, 4.69) is 24.2 Å². The quantitative estimate of drug-likeness (QED) is 0.577. The van der Waals surface area contributed by atoms with E-state index >= 15 is 0 Å². The van der Waals surface area contributed by atoms with Gasteiger partial charge in [-0.05, 0) is 13.5 Å². The van der Waals surface area contributed by atoms with Crippen LogP contribution in [-0.4, -0.2) is 48.8 Å². The van der Waals surface area contributed by atoms with E-state index < -0.39 is 0 Å². The maximum absolute atomic E-state index is 8.88. The van der Waals surface area contributed by atoms with Gasteiger partial charge in [0, 0.05) is 25.2 Å². The van der Waals surface area contributed by atoms with Crippen molar-refractivity contribution >= 4 is 0 Å². The molecule has 1 aliphatic heterocycles. The average Bonchev–Trinajstić information content (AvgIpc) is 2.04. The topological polar surface area (TPSA) is 35.5 Å². The predicted molar refractivity (Wildman–Crippen MR) is 45.6 cm³/mol. The van der Waals surface area contributed by atoms with Crippen LogP contribution in [0.25, 0.3) is 0 Å². The molecule has 3 nitrogen and oxygen atoms in total. The van der Waals surface area contributed by atoms with Crippen molar-refractivity contribution in [2.45, 2.75) is 25.4 Å². The lowest BCUT2D eigenvalue weighted by atomic mass is 10.1. The summed E-state index contributed by atoms with van der Waals surface area (Å²) in [5, 5.41) is 12.2. The second kappa shape index (κ2) is 4.04. The van der Waals surface area contributed by atoms with Gasteiger partial charge in [-0.3, -0.25) is 0 Å². The van der Waals surface area contributed by atoms with Crippen LogP contribution in [0, 0.1) is 0 Å². The first-order valence-electron chi connectivity index (χ1n) is 4.32. The van der Waals surface area contributed by atoms with Crippen molar-refractivity contribution in [2.75, 3.05) is 26.7 Å². The first kappa shape index (κ1) is 8.97. The summed E-state index contributed by atoms with van der Waals surface area (Å²) in [6.45, 7) is 4.43. The monoisotopic (exact) mass is 158 g/mol. The fraction of sp³-hybridized carbons (Fsp3) is 1.00. The van der Waals surface area contributed by atoms with E-state index in [0.29, 0.717) is 6.04 Å². The van der Waals surface area contributed by atoms with Crippen LogP contribution in [0.4, 0.5) is 0 Å².